The van der Waals surface area contributed by atoms with Crippen LogP contribution >= 0.6 is 0 Å². The van der Waals surface area contributed by atoms with E-state index in [4.69, 9.17) is 9.47 Å². The van der Waals surface area contributed by atoms with Gasteiger partial charge >= 0.3 is 0 Å². The van der Waals surface area contributed by atoms with E-state index in [1.165, 1.54) is 27.8 Å². The van der Waals surface area contributed by atoms with E-state index in [9.17, 15) is 4.79 Å². The number of allylic oxidation sites excluding steroid dienone is 2. The number of benzene rings is 1. The van der Waals surface area contributed by atoms with E-state index in [1.54, 1.807) is 7.11 Å². The first kappa shape index (κ1) is 23.0. The van der Waals surface area contributed by atoms with Crippen molar-refractivity contribution in [3.05, 3.63) is 80.4 Å². The number of carbonyl (C=O) groups is 1. The Bertz CT molecular complexity index is 1370. The minimum absolute atomic E-state index is 0.106. The van der Waals surface area contributed by atoms with E-state index in [2.05, 4.69) is 78.8 Å². The average molecular weight is 455 g/mol. The fraction of sp³-hybridized carbons (Fsp3) is 0.387. The molecule has 0 N–H and O–H groups in total. The first-order valence-electron chi connectivity index (χ1n) is 12.2. The Hall–Kier alpha value is -2.75. The SMILES string of the molecule is CO[C@H]1OC(C)(C)c2cc3c(c(C)c21)C(=O)C(c1cc(C)c2cc(C(C)C)ccc(C)c1-2)=C3C. The van der Waals surface area contributed by atoms with Gasteiger partial charge in [-0.3, -0.25) is 4.79 Å². The number of hydrogen-bond donors (Lipinski definition) is 0. The summed E-state index contributed by atoms with van der Waals surface area (Å²) in [5.74, 6) is 0.546. The lowest BCUT2D eigenvalue weighted by molar-refractivity contribution is -0.175. The van der Waals surface area contributed by atoms with Crippen LogP contribution in [0.2, 0.25) is 0 Å². The van der Waals surface area contributed by atoms with Crippen LogP contribution in [0.5, 0.6) is 0 Å². The highest BCUT2D eigenvalue weighted by Gasteiger charge is 2.43. The van der Waals surface area contributed by atoms with E-state index in [0.29, 0.717) is 5.92 Å². The molecule has 3 heteroatoms. The van der Waals surface area contributed by atoms with Crippen molar-refractivity contribution in [1.82, 2.24) is 0 Å². The number of methoxy groups -OCH3 is 1. The van der Waals surface area contributed by atoms with Gasteiger partial charge in [0.2, 0.25) is 0 Å². The lowest BCUT2D eigenvalue weighted by Gasteiger charge is -2.20. The van der Waals surface area contributed by atoms with Crippen molar-refractivity contribution in [2.75, 3.05) is 7.11 Å². The normalized spacial score (nSPS) is 18.9. The molecular weight excluding hydrogens is 420 g/mol. The van der Waals surface area contributed by atoms with Crippen molar-refractivity contribution in [2.45, 2.75) is 73.2 Å². The van der Waals surface area contributed by atoms with Gasteiger partial charge in [-0.2, -0.15) is 0 Å². The Balaban J connectivity index is 1.75. The molecule has 5 rings (SSSR count). The van der Waals surface area contributed by atoms with Gasteiger partial charge in [-0.1, -0.05) is 38.1 Å². The number of ether oxygens (including phenoxy) is 2. The fourth-order valence-corrected chi connectivity index (χ4v) is 5.93. The topological polar surface area (TPSA) is 35.5 Å². The minimum Gasteiger partial charge on any atom is -0.352 e. The van der Waals surface area contributed by atoms with E-state index in [1.807, 2.05) is 6.92 Å². The quantitative estimate of drug-likeness (QED) is 0.404. The number of Topliss-reactive ketones (excluding diaryl/α,β-unsaturated/α-hetero) is 1. The zero-order chi connectivity index (χ0) is 24.7. The number of rotatable bonds is 3. The van der Waals surface area contributed by atoms with Crippen molar-refractivity contribution in [1.29, 1.82) is 0 Å². The third kappa shape index (κ3) is 3.07. The van der Waals surface area contributed by atoms with Gasteiger partial charge in [-0.15, -0.1) is 0 Å². The van der Waals surface area contributed by atoms with Crippen molar-refractivity contribution in [2.24, 2.45) is 0 Å². The molecule has 176 valence electrons. The zero-order valence-electron chi connectivity index (χ0n) is 21.8. The molecule has 0 fully saturated rings. The maximum atomic E-state index is 14.1. The van der Waals surface area contributed by atoms with Crippen molar-refractivity contribution >= 4 is 16.9 Å². The average Bonchev–Trinajstić information content (AvgIpc) is 3.26. The molecule has 0 bridgehead atoms. The largest absolute Gasteiger partial charge is 0.352 e. The van der Waals surface area contributed by atoms with Gasteiger partial charge in [0.25, 0.3) is 0 Å². The van der Waals surface area contributed by atoms with E-state index in [-0.39, 0.29) is 5.78 Å². The first-order valence-corrected chi connectivity index (χ1v) is 12.2. The molecule has 4 aliphatic rings. The zero-order valence-corrected chi connectivity index (χ0v) is 21.8. The van der Waals surface area contributed by atoms with Crippen LogP contribution in [0.3, 0.4) is 0 Å². The maximum absolute atomic E-state index is 14.1. The molecule has 0 saturated carbocycles. The summed E-state index contributed by atoms with van der Waals surface area (Å²) in [4.78, 5) is 14.1. The number of carbonyl (C=O) groups excluding carboxylic acids is 1. The Morgan fingerprint density at radius 3 is 2.26 bits per heavy atom. The van der Waals surface area contributed by atoms with Crippen LogP contribution < -0.4 is 0 Å². The Kier molecular flexibility index (Phi) is 5.16. The Morgan fingerprint density at radius 1 is 0.912 bits per heavy atom. The summed E-state index contributed by atoms with van der Waals surface area (Å²) in [5, 5.41) is 0. The fourth-order valence-electron chi connectivity index (χ4n) is 5.93. The smallest absolute Gasteiger partial charge is 0.194 e. The summed E-state index contributed by atoms with van der Waals surface area (Å²) in [7, 11) is 1.66. The van der Waals surface area contributed by atoms with Gasteiger partial charge in [0.05, 0.1) is 5.60 Å². The summed E-state index contributed by atoms with van der Waals surface area (Å²) in [6, 6.07) is 11.1. The van der Waals surface area contributed by atoms with Crippen LogP contribution in [0.4, 0.5) is 0 Å². The second kappa shape index (κ2) is 7.63. The summed E-state index contributed by atoms with van der Waals surface area (Å²) < 4.78 is 11.8. The van der Waals surface area contributed by atoms with Gasteiger partial charge in [0.15, 0.2) is 12.1 Å². The third-order valence-corrected chi connectivity index (χ3v) is 7.85. The standard InChI is InChI=1S/C31H34O3/c1-15(2)20-11-10-16(3)25-21(13-20)17(4)12-23(25)26-18(5)22-14-24-28(19(6)27(22)29(26)32)30(33-9)34-31(24,7)8/h10-15,30H,1-9H3/t30-/m0/s1. The molecule has 0 spiro atoms. The first-order chi connectivity index (χ1) is 16.0. The molecule has 1 aromatic carbocycles. The molecule has 0 amide bonds. The summed E-state index contributed by atoms with van der Waals surface area (Å²) in [6.45, 7) is 17.0. The van der Waals surface area contributed by atoms with Crippen molar-refractivity contribution in [3.63, 3.8) is 0 Å². The minimum atomic E-state index is -0.469. The molecule has 0 unspecified atom stereocenters. The second-order valence-electron chi connectivity index (χ2n) is 10.8. The highest BCUT2D eigenvalue weighted by atomic mass is 16.7. The maximum Gasteiger partial charge on any atom is 0.194 e. The highest BCUT2D eigenvalue weighted by molar-refractivity contribution is 6.41. The Morgan fingerprint density at radius 2 is 1.62 bits per heavy atom. The molecule has 34 heavy (non-hydrogen) atoms. The Labute approximate surface area is 203 Å². The number of fused-ring (bicyclic) bond motifs is 3. The third-order valence-electron chi connectivity index (χ3n) is 7.85. The predicted molar refractivity (Wildman–Crippen MR) is 138 cm³/mol. The molecule has 3 aliphatic carbocycles. The summed E-state index contributed by atoms with van der Waals surface area (Å²) in [6.07, 6.45) is -0.454. The van der Waals surface area contributed by atoms with E-state index in [0.717, 1.165) is 44.5 Å². The van der Waals surface area contributed by atoms with E-state index >= 15 is 0 Å². The van der Waals surface area contributed by atoms with Crippen LogP contribution in [-0.2, 0) is 15.1 Å². The lowest BCUT2D eigenvalue weighted by Crippen LogP contribution is -2.16. The molecule has 0 aromatic heterocycles. The summed E-state index contributed by atoms with van der Waals surface area (Å²) in [5.41, 5.74) is 13.5. The number of ketones is 1. The van der Waals surface area contributed by atoms with Crippen molar-refractivity contribution < 1.29 is 14.3 Å². The van der Waals surface area contributed by atoms with Gasteiger partial charge in [0.1, 0.15) is 0 Å². The van der Waals surface area contributed by atoms with Crippen LogP contribution in [0.25, 0.3) is 22.3 Å². The molecular formula is C31H34O3. The number of aryl methyl sites for hydroxylation is 2. The molecule has 1 atom stereocenters. The van der Waals surface area contributed by atoms with Crippen LogP contribution in [0.15, 0.2) is 30.3 Å². The van der Waals surface area contributed by atoms with Gasteiger partial charge in [0, 0.05) is 23.8 Å². The van der Waals surface area contributed by atoms with Crippen LogP contribution in [0.1, 0.15) is 102 Å². The lowest BCUT2D eigenvalue weighted by atomic mass is 9.87. The highest BCUT2D eigenvalue weighted by Crippen LogP contribution is 2.52. The predicted octanol–water partition coefficient (Wildman–Crippen LogP) is 7.88. The van der Waals surface area contributed by atoms with Gasteiger partial charge < -0.3 is 9.47 Å². The van der Waals surface area contributed by atoms with Gasteiger partial charge in [-0.25, -0.2) is 0 Å². The monoisotopic (exact) mass is 454 g/mol. The molecule has 1 heterocycles. The number of hydrogen-bond acceptors (Lipinski definition) is 3. The molecule has 1 aromatic rings. The van der Waals surface area contributed by atoms with Crippen LogP contribution in [-0.4, -0.2) is 12.9 Å². The van der Waals surface area contributed by atoms with Crippen molar-refractivity contribution in [3.8, 4) is 11.1 Å². The molecule has 3 nitrogen and oxygen atoms in total. The molecule has 0 saturated heterocycles. The molecule has 0 radical (unpaired) electrons. The second-order valence-corrected chi connectivity index (χ2v) is 10.8. The summed E-state index contributed by atoms with van der Waals surface area (Å²) >= 11 is 0. The van der Waals surface area contributed by atoms with Gasteiger partial charge in [-0.05, 0) is 109 Å². The van der Waals surface area contributed by atoms with Crippen LogP contribution in [0, 0.1) is 20.8 Å². The van der Waals surface area contributed by atoms with E-state index < -0.39 is 11.9 Å². The molecule has 1 aliphatic heterocycles.